The second-order valence-electron chi connectivity index (χ2n) is 8.07. The van der Waals surface area contributed by atoms with Crippen molar-refractivity contribution in [3.05, 3.63) is 95.1 Å². The van der Waals surface area contributed by atoms with Gasteiger partial charge in [0.1, 0.15) is 12.4 Å². The standard InChI is InChI=1S/C29H30O4/c1-4-31-28(29(30)32-5-2)19-21-11-13-22(14-12-21)33-17-16-26-24-9-7-6-8-23(24)25-15-10-20(3)18-27(25)26/h6-16,18,28H,4-5,17,19H2,1-3H3. The average molecular weight is 443 g/mol. The average Bonchev–Trinajstić information content (AvgIpc) is 3.13. The predicted octanol–water partition coefficient (Wildman–Crippen LogP) is 6.00. The van der Waals surface area contributed by atoms with Crippen molar-refractivity contribution in [3.63, 3.8) is 0 Å². The van der Waals surface area contributed by atoms with E-state index in [1.54, 1.807) is 6.92 Å². The summed E-state index contributed by atoms with van der Waals surface area (Å²) in [6.07, 6.45) is 2.05. The Balaban J connectivity index is 1.44. The van der Waals surface area contributed by atoms with Crippen molar-refractivity contribution in [3.8, 4) is 16.9 Å². The molecule has 0 fully saturated rings. The molecule has 0 bridgehead atoms. The Morgan fingerprint density at radius 1 is 0.879 bits per heavy atom. The zero-order valence-corrected chi connectivity index (χ0v) is 19.5. The van der Waals surface area contributed by atoms with E-state index in [2.05, 4.69) is 55.5 Å². The Morgan fingerprint density at radius 3 is 2.33 bits per heavy atom. The van der Waals surface area contributed by atoms with E-state index in [9.17, 15) is 4.79 Å². The molecule has 4 heteroatoms. The minimum Gasteiger partial charge on any atom is -0.490 e. The first-order chi connectivity index (χ1) is 16.1. The van der Waals surface area contributed by atoms with Crippen molar-refractivity contribution in [2.75, 3.05) is 19.8 Å². The van der Waals surface area contributed by atoms with Gasteiger partial charge in [-0.2, -0.15) is 0 Å². The molecule has 33 heavy (non-hydrogen) atoms. The van der Waals surface area contributed by atoms with Crippen molar-refractivity contribution in [2.45, 2.75) is 33.3 Å². The number of aryl methyl sites for hydroxylation is 1. The van der Waals surface area contributed by atoms with Crippen molar-refractivity contribution in [1.82, 2.24) is 0 Å². The third-order valence-electron chi connectivity index (χ3n) is 5.77. The molecule has 170 valence electrons. The summed E-state index contributed by atoms with van der Waals surface area (Å²) in [4.78, 5) is 12.1. The van der Waals surface area contributed by atoms with Gasteiger partial charge < -0.3 is 14.2 Å². The van der Waals surface area contributed by atoms with Crippen molar-refractivity contribution < 1.29 is 19.0 Å². The summed E-state index contributed by atoms with van der Waals surface area (Å²) < 4.78 is 16.7. The lowest BCUT2D eigenvalue weighted by Gasteiger charge is -2.15. The van der Waals surface area contributed by atoms with Crippen LogP contribution in [0, 0.1) is 6.92 Å². The van der Waals surface area contributed by atoms with E-state index in [0.29, 0.717) is 26.2 Å². The molecule has 1 aliphatic rings. The van der Waals surface area contributed by atoms with Crippen LogP contribution in [0.15, 0.2) is 72.8 Å². The smallest absolute Gasteiger partial charge is 0.335 e. The number of rotatable bonds is 9. The first-order valence-corrected chi connectivity index (χ1v) is 11.5. The molecule has 0 aromatic heterocycles. The highest BCUT2D eigenvalue weighted by Crippen LogP contribution is 2.44. The number of hydrogen-bond acceptors (Lipinski definition) is 4. The van der Waals surface area contributed by atoms with Gasteiger partial charge in [-0.15, -0.1) is 0 Å². The molecule has 1 aliphatic carbocycles. The Hall–Kier alpha value is -3.37. The summed E-state index contributed by atoms with van der Waals surface area (Å²) in [5.74, 6) is 0.467. The fourth-order valence-electron chi connectivity index (χ4n) is 4.24. The lowest BCUT2D eigenvalue weighted by molar-refractivity contribution is -0.156. The zero-order chi connectivity index (χ0) is 23.2. The first kappa shape index (κ1) is 22.8. The molecule has 0 saturated heterocycles. The molecule has 3 aromatic carbocycles. The van der Waals surface area contributed by atoms with Crippen LogP contribution in [0.1, 0.15) is 36.1 Å². The molecular formula is C29H30O4. The molecule has 0 heterocycles. The fraction of sp³-hybridized carbons (Fsp3) is 0.276. The van der Waals surface area contributed by atoms with Gasteiger partial charge in [-0.25, -0.2) is 4.79 Å². The quantitative estimate of drug-likeness (QED) is 0.298. The van der Waals surface area contributed by atoms with Crippen molar-refractivity contribution in [2.24, 2.45) is 0 Å². The number of esters is 1. The van der Waals surface area contributed by atoms with Gasteiger partial charge in [0.15, 0.2) is 6.10 Å². The summed E-state index contributed by atoms with van der Waals surface area (Å²) in [7, 11) is 0. The van der Waals surface area contributed by atoms with E-state index in [1.165, 1.54) is 33.4 Å². The van der Waals surface area contributed by atoms with E-state index < -0.39 is 6.10 Å². The first-order valence-electron chi connectivity index (χ1n) is 11.5. The van der Waals surface area contributed by atoms with Crippen LogP contribution in [0.3, 0.4) is 0 Å². The summed E-state index contributed by atoms with van der Waals surface area (Å²) in [6, 6.07) is 22.9. The Labute approximate surface area is 195 Å². The summed E-state index contributed by atoms with van der Waals surface area (Å²) in [5, 5.41) is 0. The summed E-state index contributed by atoms with van der Waals surface area (Å²) in [5.41, 5.74) is 8.52. The van der Waals surface area contributed by atoms with E-state index >= 15 is 0 Å². The Bertz CT molecular complexity index is 1140. The number of benzene rings is 3. The molecule has 1 atom stereocenters. The van der Waals surface area contributed by atoms with Gasteiger partial charge >= 0.3 is 5.97 Å². The van der Waals surface area contributed by atoms with Gasteiger partial charge in [-0.3, -0.25) is 0 Å². The topological polar surface area (TPSA) is 44.8 Å². The lowest BCUT2D eigenvalue weighted by atomic mass is 10.0. The molecule has 0 spiro atoms. The fourth-order valence-corrected chi connectivity index (χ4v) is 4.24. The van der Waals surface area contributed by atoms with Crippen LogP contribution < -0.4 is 4.74 Å². The van der Waals surface area contributed by atoms with E-state index in [1.807, 2.05) is 31.2 Å². The van der Waals surface area contributed by atoms with Gasteiger partial charge in [0.05, 0.1) is 6.61 Å². The highest BCUT2D eigenvalue weighted by atomic mass is 16.6. The Kier molecular flexibility index (Phi) is 7.26. The molecule has 0 saturated carbocycles. The molecule has 0 aliphatic heterocycles. The number of hydrogen-bond donors (Lipinski definition) is 0. The monoisotopic (exact) mass is 442 g/mol. The van der Waals surface area contributed by atoms with E-state index in [4.69, 9.17) is 14.2 Å². The highest BCUT2D eigenvalue weighted by molar-refractivity contribution is 6.01. The van der Waals surface area contributed by atoms with Crippen molar-refractivity contribution >= 4 is 11.5 Å². The number of carbonyl (C=O) groups excluding carboxylic acids is 1. The third kappa shape index (κ3) is 5.18. The second kappa shape index (κ2) is 10.5. The largest absolute Gasteiger partial charge is 0.490 e. The van der Waals surface area contributed by atoms with Gasteiger partial charge in [-0.05, 0) is 72.4 Å². The third-order valence-corrected chi connectivity index (χ3v) is 5.77. The molecule has 1 unspecified atom stereocenters. The van der Waals surface area contributed by atoms with Crippen molar-refractivity contribution in [1.29, 1.82) is 0 Å². The van der Waals surface area contributed by atoms with Crippen LogP contribution in [0.2, 0.25) is 0 Å². The minimum atomic E-state index is -0.586. The molecule has 0 amide bonds. The van der Waals surface area contributed by atoms with Gasteiger partial charge in [0.2, 0.25) is 0 Å². The second-order valence-corrected chi connectivity index (χ2v) is 8.07. The van der Waals surface area contributed by atoms with E-state index in [-0.39, 0.29) is 5.97 Å². The maximum absolute atomic E-state index is 12.1. The van der Waals surface area contributed by atoms with E-state index in [0.717, 1.165) is 11.3 Å². The lowest BCUT2D eigenvalue weighted by Crippen LogP contribution is -2.28. The maximum Gasteiger partial charge on any atom is 0.335 e. The SMILES string of the molecule is CCOC(=O)C(Cc1ccc(OCC=C2c3ccccc3-c3ccc(C)cc32)cc1)OCC. The van der Waals surface area contributed by atoms with Crippen LogP contribution in [0.4, 0.5) is 0 Å². The molecule has 0 radical (unpaired) electrons. The maximum atomic E-state index is 12.1. The highest BCUT2D eigenvalue weighted by Gasteiger charge is 2.23. The molecular weight excluding hydrogens is 412 g/mol. The summed E-state index contributed by atoms with van der Waals surface area (Å²) >= 11 is 0. The molecule has 4 nitrogen and oxygen atoms in total. The van der Waals surface area contributed by atoms with Gasteiger partial charge in [0, 0.05) is 13.0 Å². The van der Waals surface area contributed by atoms with Crippen LogP contribution in [-0.4, -0.2) is 31.9 Å². The number of carbonyl (C=O) groups is 1. The Morgan fingerprint density at radius 2 is 1.61 bits per heavy atom. The molecule has 4 rings (SSSR count). The van der Waals surface area contributed by atoms with Crippen LogP contribution in [0.25, 0.3) is 16.7 Å². The minimum absolute atomic E-state index is 0.321. The number of fused-ring (bicyclic) bond motifs is 3. The molecule has 3 aromatic rings. The van der Waals surface area contributed by atoms with Crippen LogP contribution in [0.5, 0.6) is 5.75 Å². The number of ether oxygens (including phenoxy) is 3. The van der Waals surface area contributed by atoms with Gasteiger partial charge in [0.25, 0.3) is 0 Å². The molecule has 0 N–H and O–H groups in total. The normalized spacial score (nSPS) is 14.0. The zero-order valence-electron chi connectivity index (χ0n) is 19.5. The predicted molar refractivity (Wildman–Crippen MR) is 131 cm³/mol. The van der Waals surface area contributed by atoms with Crippen LogP contribution in [-0.2, 0) is 20.7 Å². The van der Waals surface area contributed by atoms with Gasteiger partial charge in [-0.1, -0.05) is 60.2 Å². The summed E-state index contributed by atoms with van der Waals surface area (Å²) in [6.45, 7) is 7.08. The van der Waals surface area contributed by atoms with Crippen LogP contribution >= 0.6 is 0 Å².